The zero-order valence-electron chi connectivity index (χ0n) is 19.6. The Kier molecular flexibility index (Phi) is 6.74. The van der Waals surface area contributed by atoms with E-state index in [4.69, 9.17) is 0 Å². The predicted octanol–water partition coefficient (Wildman–Crippen LogP) is 8.29. The number of aryl methyl sites for hydroxylation is 1. The van der Waals surface area contributed by atoms with Crippen molar-refractivity contribution in [3.63, 3.8) is 0 Å². The quantitative estimate of drug-likeness (QED) is 0.355. The van der Waals surface area contributed by atoms with E-state index in [9.17, 15) is 0 Å². The smallest absolute Gasteiger partial charge is 0.0493 e. The maximum Gasteiger partial charge on any atom is 0.0493 e. The molecule has 3 aromatic rings. The summed E-state index contributed by atoms with van der Waals surface area (Å²) in [6.07, 6.45) is 17.1. The summed E-state index contributed by atoms with van der Waals surface area (Å²) in [6.45, 7) is 7.56. The van der Waals surface area contributed by atoms with Crippen molar-refractivity contribution >= 4 is 30.2 Å². The average molecular weight is 460 g/mol. The summed E-state index contributed by atoms with van der Waals surface area (Å²) in [5, 5.41) is 2.78. The number of anilines is 2. The first-order valence-corrected chi connectivity index (χ1v) is 13.3. The molecule has 0 saturated heterocycles. The van der Waals surface area contributed by atoms with Crippen LogP contribution in [0.3, 0.4) is 0 Å². The number of para-hydroxylation sites is 2. The Morgan fingerprint density at radius 3 is 2.32 bits per heavy atom. The fourth-order valence-corrected chi connectivity index (χ4v) is 7.51. The summed E-state index contributed by atoms with van der Waals surface area (Å²) in [5.41, 5.74) is 6.45. The van der Waals surface area contributed by atoms with E-state index < -0.39 is 7.92 Å². The first kappa shape index (κ1) is 22.4. The van der Waals surface area contributed by atoms with Crippen molar-refractivity contribution in [1.29, 1.82) is 0 Å². The highest BCUT2D eigenvalue weighted by molar-refractivity contribution is 7.70. The number of benzene rings is 3. The third kappa shape index (κ3) is 4.63. The second kappa shape index (κ2) is 10.2. The lowest BCUT2D eigenvalue weighted by molar-refractivity contribution is 1.05. The summed E-state index contributed by atoms with van der Waals surface area (Å²) in [4.78, 5) is 2.41. The van der Waals surface area contributed by atoms with Crippen molar-refractivity contribution < 1.29 is 0 Å². The van der Waals surface area contributed by atoms with Crippen molar-refractivity contribution in [2.75, 3.05) is 11.4 Å². The van der Waals surface area contributed by atoms with Crippen LogP contribution in [0.4, 0.5) is 11.4 Å². The zero-order chi connectivity index (χ0) is 23.3. The van der Waals surface area contributed by atoms with Gasteiger partial charge in [-0.1, -0.05) is 110 Å². The van der Waals surface area contributed by atoms with Gasteiger partial charge in [0.05, 0.1) is 0 Å². The molecule has 1 aliphatic heterocycles. The highest BCUT2D eigenvalue weighted by atomic mass is 31.1. The van der Waals surface area contributed by atoms with Gasteiger partial charge in [-0.3, -0.25) is 0 Å². The molecule has 2 unspecified atom stereocenters. The molecule has 2 aliphatic rings. The molecule has 3 aromatic carbocycles. The van der Waals surface area contributed by atoms with Crippen LogP contribution in [0.2, 0.25) is 0 Å². The first-order valence-electron chi connectivity index (χ1n) is 11.9. The van der Waals surface area contributed by atoms with E-state index in [1.165, 1.54) is 33.1 Å². The lowest BCUT2D eigenvalue weighted by Crippen LogP contribution is -2.19. The maximum atomic E-state index is 4.56. The normalized spacial score (nSPS) is 21.0. The van der Waals surface area contributed by atoms with E-state index in [1.807, 2.05) is 0 Å². The van der Waals surface area contributed by atoms with Gasteiger partial charge in [-0.2, -0.15) is 0 Å². The Labute approximate surface area is 204 Å². The highest BCUT2D eigenvalue weighted by Crippen LogP contribution is 2.53. The third-order valence-corrected chi connectivity index (χ3v) is 9.18. The summed E-state index contributed by atoms with van der Waals surface area (Å²) in [6, 6.07) is 28.3. The first-order chi connectivity index (χ1) is 16.7. The Hall–Kier alpha value is -3.41. The molecule has 5 rings (SSSR count). The second-order valence-corrected chi connectivity index (χ2v) is 11.2. The maximum absolute atomic E-state index is 4.56. The molecule has 0 fully saturated rings. The average Bonchev–Trinajstić information content (AvgIpc) is 2.94. The molecular formula is C32H30NP. The molecule has 0 saturated carbocycles. The lowest BCUT2D eigenvalue weighted by atomic mass is 10.0. The van der Waals surface area contributed by atoms with E-state index in [2.05, 4.69) is 140 Å². The van der Waals surface area contributed by atoms with Crippen LogP contribution in [0, 0.1) is 6.92 Å². The number of hydrogen-bond donors (Lipinski definition) is 0. The van der Waals surface area contributed by atoms with Crippen molar-refractivity contribution in [2.24, 2.45) is 0 Å². The van der Waals surface area contributed by atoms with Gasteiger partial charge in [0.25, 0.3) is 0 Å². The van der Waals surface area contributed by atoms with Gasteiger partial charge in [-0.25, -0.2) is 0 Å². The topological polar surface area (TPSA) is 3.24 Å². The molecule has 34 heavy (non-hydrogen) atoms. The number of fused-ring (bicyclic) bond motifs is 1. The van der Waals surface area contributed by atoms with Crippen LogP contribution in [0.25, 0.3) is 5.57 Å². The van der Waals surface area contributed by atoms with Gasteiger partial charge in [-0.15, -0.1) is 0 Å². The van der Waals surface area contributed by atoms with Crippen molar-refractivity contribution in [2.45, 2.75) is 19.0 Å². The predicted molar refractivity (Wildman–Crippen MR) is 151 cm³/mol. The molecule has 0 spiro atoms. The molecule has 2 atom stereocenters. The fourth-order valence-electron chi connectivity index (χ4n) is 4.79. The van der Waals surface area contributed by atoms with Crippen molar-refractivity contribution in [1.82, 2.24) is 0 Å². The van der Waals surface area contributed by atoms with Crippen LogP contribution in [-0.4, -0.2) is 12.2 Å². The van der Waals surface area contributed by atoms with Crippen LogP contribution in [-0.2, 0) is 0 Å². The molecule has 0 N–H and O–H groups in total. The van der Waals surface area contributed by atoms with E-state index in [1.54, 1.807) is 0 Å². The number of nitrogens with zero attached hydrogens (tertiary/aromatic N) is 1. The van der Waals surface area contributed by atoms with Crippen LogP contribution >= 0.6 is 7.92 Å². The molecule has 168 valence electrons. The van der Waals surface area contributed by atoms with E-state index >= 15 is 0 Å². The largest absolute Gasteiger partial charge is 0.337 e. The summed E-state index contributed by atoms with van der Waals surface area (Å²) >= 11 is 0. The van der Waals surface area contributed by atoms with Gasteiger partial charge >= 0.3 is 0 Å². The summed E-state index contributed by atoms with van der Waals surface area (Å²) in [7, 11) is -0.567. The summed E-state index contributed by atoms with van der Waals surface area (Å²) in [5.74, 6) is 0. The monoisotopic (exact) mass is 459 g/mol. The van der Waals surface area contributed by atoms with Gasteiger partial charge < -0.3 is 4.90 Å². The molecule has 0 amide bonds. The molecule has 0 radical (unpaired) electrons. The van der Waals surface area contributed by atoms with Gasteiger partial charge in [-0.05, 0) is 61.2 Å². The van der Waals surface area contributed by atoms with Crippen molar-refractivity contribution in [3.05, 3.63) is 144 Å². The second-order valence-electron chi connectivity index (χ2n) is 8.73. The Bertz CT molecular complexity index is 1300. The third-order valence-electron chi connectivity index (χ3n) is 6.45. The molecule has 1 heterocycles. The highest BCUT2D eigenvalue weighted by Gasteiger charge is 2.25. The molecule has 1 nitrogen and oxygen atoms in total. The Morgan fingerprint density at radius 2 is 1.56 bits per heavy atom. The Balaban J connectivity index is 1.63. The molecule has 2 heteroatoms. The van der Waals surface area contributed by atoms with Gasteiger partial charge in [0.15, 0.2) is 0 Å². The number of hydrogen-bond acceptors (Lipinski definition) is 1. The van der Waals surface area contributed by atoms with E-state index in [0.717, 1.165) is 18.5 Å². The Morgan fingerprint density at radius 1 is 0.824 bits per heavy atom. The standard InChI is InChI=1S/C32H30NP/c1-25-14-9-11-21-31(25)33-23-13-19-29(24-26(2)30-20-10-12-22-32(30)33)34(27-15-5-3-6-16-27)28-17-7-4-8-18-28/h3-17,19-22,24,28H,2,18,23H2,1H3/b19-13-,29-24+. The fraction of sp³-hybridized carbons (Fsp3) is 0.125. The van der Waals surface area contributed by atoms with Crippen LogP contribution in [0.15, 0.2) is 133 Å². The van der Waals surface area contributed by atoms with Crippen LogP contribution in [0.5, 0.6) is 0 Å². The minimum atomic E-state index is -0.567. The lowest BCUT2D eigenvalue weighted by Gasteiger charge is -2.28. The van der Waals surface area contributed by atoms with Gasteiger partial charge in [0.2, 0.25) is 0 Å². The molecule has 1 aliphatic carbocycles. The zero-order valence-corrected chi connectivity index (χ0v) is 20.5. The molecule has 0 aromatic heterocycles. The number of rotatable bonds is 4. The summed E-state index contributed by atoms with van der Waals surface area (Å²) < 4.78 is 0. The SMILES string of the molecule is C=C1/C=C(P(c2ccccc2)C2C=CC=CC2)\C=C/CN(c2ccccc2C)c2ccccc21. The van der Waals surface area contributed by atoms with Crippen LogP contribution in [0.1, 0.15) is 17.5 Å². The van der Waals surface area contributed by atoms with E-state index in [0.29, 0.717) is 5.66 Å². The van der Waals surface area contributed by atoms with Gasteiger partial charge in [0.1, 0.15) is 0 Å². The van der Waals surface area contributed by atoms with E-state index in [-0.39, 0.29) is 0 Å². The van der Waals surface area contributed by atoms with Crippen molar-refractivity contribution in [3.8, 4) is 0 Å². The minimum absolute atomic E-state index is 0.481. The molecular weight excluding hydrogens is 429 g/mol. The number of allylic oxidation sites excluding steroid dienone is 8. The van der Waals surface area contributed by atoms with Crippen LogP contribution < -0.4 is 10.2 Å². The molecule has 0 bridgehead atoms. The minimum Gasteiger partial charge on any atom is -0.337 e. The van der Waals surface area contributed by atoms with Gasteiger partial charge in [0, 0.05) is 29.1 Å².